The zero-order chi connectivity index (χ0) is 25.7. The quantitative estimate of drug-likeness (QED) is 0.109. The van der Waals surface area contributed by atoms with Crippen molar-refractivity contribution in [3.63, 3.8) is 0 Å². The third kappa shape index (κ3) is 11.8. The molecule has 0 heterocycles. The molecule has 14 nitrogen and oxygen atoms in total. The summed E-state index contributed by atoms with van der Waals surface area (Å²) in [4.78, 5) is 70.7. The number of rotatable bonds is 16. The Hall–Kier alpha value is -3.26. The van der Waals surface area contributed by atoms with Gasteiger partial charge in [0.15, 0.2) is 0 Å². The molecule has 3 amide bonds. The molecule has 4 atom stereocenters. The first-order valence-corrected chi connectivity index (χ1v) is 10.3. The second kappa shape index (κ2) is 14.7. The van der Waals surface area contributed by atoms with Crippen molar-refractivity contribution in [2.24, 2.45) is 17.4 Å². The lowest BCUT2D eigenvalue weighted by Gasteiger charge is -2.26. The monoisotopic (exact) mass is 475 g/mol. The fourth-order valence-corrected chi connectivity index (χ4v) is 2.74. The van der Waals surface area contributed by atoms with E-state index in [1.165, 1.54) is 0 Å². The maximum Gasteiger partial charge on any atom is 0.326 e. The number of nitrogens with one attached hydrogen (secondary N) is 3. The third-order valence-electron chi connectivity index (χ3n) is 4.55. The van der Waals surface area contributed by atoms with Crippen molar-refractivity contribution >= 4 is 35.6 Å². The van der Waals surface area contributed by atoms with Crippen LogP contribution in [0.4, 0.5) is 0 Å². The van der Waals surface area contributed by atoms with Crippen LogP contribution in [-0.2, 0) is 28.8 Å². The van der Waals surface area contributed by atoms with E-state index >= 15 is 0 Å². The van der Waals surface area contributed by atoms with Crippen molar-refractivity contribution in [3.8, 4) is 0 Å². The molecule has 0 aliphatic heterocycles. The third-order valence-corrected chi connectivity index (χ3v) is 4.55. The number of amides is 3. The lowest BCUT2D eigenvalue weighted by atomic mass is 10.0. The van der Waals surface area contributed by atoms with E-state index in [-0.39, 0.29) is 6.42 Å². The van der Waals surface area contributed by atoms with Crippen LogP contribution in [0.3, 0.4) is 0 Å². The molecular formula is C19H33N5O9. The second-order valence-electron chi connectivity index (χ2n) is 7.78. The molecule has 0 saturated carbocycles. The minimum Gasteiger partial charge on any atom is -0.481 e. The summed E-state index contributed by atoms with van der Waals surface area (Å²) >= 11 is 0. The van der Waals surface area contributed by atoms with E-state index in [1.807, 2.05) is 0 Å². The zero-order valence-corrected chi connectivity index (χ0v) is 18.6. The molecule has 10 N–H and O–H groups in total. The Kier molecular flexibility index (Phi) is 13.3. The summed E-state index contributed by atoms with van der Waals surface area (Å²) in [5.74, 6) is -7.49. The van der Waals surface area contributed by atoms with Crippen molar-refractivity contribution in [3.05, 3.63) is 0 Å². The summed E-state index contributed by atoms with van der Waals surface area (Å²) in [5, 5.41) is 33.8. The number of nitrogens with two attached hydrogens (primary N) is 2. The summed E-state index contributed by atoms with van der Waals surface area (Å²) in [5.41, 5.74) is 10.9. The van der Waals surface area contributed by atoms with Gasteiger partial charge in [0.05, 0.1) is 18.9 Å². The molecule has 0 aromatic heterocycles. The van der Waals surface area contributed by atoms with Crippen LogP contribution in [0, 0.1) is 5.92 Å². The van der Waals surface area contributed by atoms with Gasteiger partial charge in [-0.05, 0) is 31.7 Å². The summed E-state index contributed by atoms with van der Waals surface area (Å²) in [6.07, 6.45) is -0.540. The molecule has 0 aromatic carbocycles. The number of carboxylic acid groups (broad SMARTS) is 3. The Morgan fingerprint density at radius 2 is 1.30 bits per heavy atom. The molecular weight excluding hydrogens is 442 g/mol. The summed E-state index contributed by atoms with van der Waals surface area (Å²) < 4.78 is 0. The number of unbranched alkanes of at least 4 members (excludes halogenated alkanes) is 1. The molecule has 0 fully saturated rings. The molecule has 33 heavy (non-hydrogen) atoms. The van der Waals surface area contributed by atoms with Crippen molar-refractivity contribution in [2.75, 3.05) is 6.54 Å². The summed E-state index contributed by atoms with van der Waals surface area (Å²) in [7, 11) is 0. The molecule has 0 aromatic rings. The molecule has 0 spiro atoms. The van der Waals surface area contributed by atoms with Crippen molar-refractivity contribution in [1.82, 2.24) is 16.0 Å². The largest absolute Gasteiger partial charge is 0.481 e. The number of carboxylic acids is 3. The normalized spacial score (nSPS) is 14.5. The van der Waals surface area contributed by atoms with E-state index < -0.39 is 78.6 Å². The van der Waals surface area contributed by atoms with Crippen LogP contribution >= 0.6 is 0 Å². The van der Waals surface area contributed by atoms with E-state index in [0.29, 0.717) is 19.4 Å². The smallest absolute Gasteiger partial charge is 0.326 e. The van der Waals surface area contributed by atoms with Crippen LogP contribution in [0.15, 0.2) is 0 Å². The van der Waals surface area contributed by atoms with Gasteiger partial charge in [0.25, 0.3) is 0 Å². The average Bonchev–Trinajstić information content (AvgIpc) is 2.69. The number of carbonyl (C=O) groups is 6. The Balaban J connectivity index is 5.41. The van der Waals surface area contributed by atoms with Gasteiger partial charge < -0.3 is 42.7 Å². The molecule has 0 aliphatic carbocycles. The second-order valence-corrected chi connectivity index (χ2v) is 7.78. The fraction of sp³-hybridized carbons (Fsp3) is 0.684. The predicted octanol–water partition coefficient (Wildman–Crippen LogP) is -2.41. The van der Waals surface area contributed by atoms with Crippen LogP contribution in [0.1, 0.15) is 46.0 Å². The Morgan fingerprint density at radius 3 is 1.76 bits per heavy atom. The first-order valence-electron chi connectivity index (χ1n) is 10.3. The van der Waals surface area contributed by atoms with Crippen LogP contribution in [0.5, 0.6) is 0 Å². The van der Waals surface area contributed by atoms with Gasteiger partial charge in [-0.1, -0.05) is 13.8 Å². The fourth-order valence-electron chi connectivity index (χ4n) is 2.74. The molecule has 188 valence electrons. The summed E-state index contributed by atoms with van der Waals surface area (Å²) in [6.45, 7) is 3.44. The van der Waals surface area contributed by atoms with Gasteiger partial charge >= 0.3 is 17.9 Å². The topological polar surface area (TPSA) is 251 Å². The van der Waals surface area contributed by atoms with Crippen molar-refractivity contribution in [2.45, 2.75) is 70.1 Å². The van der Waals surface area contributed by atoms with E-state index in [4.69, 9.17) is 21.7 Å². The first-order chi connectivity index (χ1) is 15.3. The molecule has 0 bridgehead atoms. The predicted molar refractivity (Wildman–Crippen MR) is 114 cm³/mol. The van der Waals surface area contributed by atoms with E-state index in [0.717, 1.165) is 0 Å². The molecule has 0 saturated heterocycles. The lowest BCUT2D eigenvalue weighted by molar-refractivity contribution is -0.144. The minimum atomic E-state index is -1.63. The standard InChI is InChI=1S/C19H33N5O9/c1-9(2)15(24-16(29)10(21)7-13(25)26)18(31)23-12(8-14(27)28)17(30)22-11(19(32)33)5-3-4-6-20/h9-12,15H,3-8,20-21H2,1-2H3,(H,22,30)(H,23,31)(H,24,29)(H,25,26)(H,27,28)(H,32,33). The number of carbonyl (C=O) groups excluding carboxylic acids is 3. The van der Waals surface area contributed by atoms with Gasteiger partial charge in [0, 0.05) is 0 Å². The van der Waals surface area contributed by atoms with Crippen molar-refractivity contribution < 1.29 is 44.1 Å². The minimum absolute atomic E-state index is 0.0537. The highest BCUT2D eigenvalue weighted by Crippen LogP contribution is 2.06. The van der Waals surface area contributed by atoms with Gasteiger partial charge in [-0.15, -0.1) is 0 Å². The van der Waals surface area contributed by atoms with Gasteiger partial charge in [-0.25, -0.2) is 4.79 Å². The molecule has 0 rings (SSSR count). The zero-order valence-electron chi connectivity index (χ0n) is 18.6. The maximum absolute atomic E-state index is 12.7. The van der Waals surface area contributed by atoms with E-state index in [2.05, 4.69) is 16.0 Å². The van der Waals surface area contributed by atoms with Crippen molar-refractivity contribution in [1.29, 1.82) is 0 Å². The highest BCUT2D eigenvalue weighted by molar-refractivity contribution is 5.96. The first kappa shape index (κ1) is 29.7. The lowest BCUT2D eigenvalue weighted by Crippen LogP contribution is -2.58. The Bertz CT molecular complexity index is 728. The van der Waals surface area contributed by atoms with Gasteiger partial charge in [-0.2, -0.15) is 0 Å². The number of aliphatic carboxylic acids is 3. The Labute approximate surface area is 190 Å². The highest BCUT2D eigenvalue weighted by Gasteiger charge is 2.33. The SMILES string of the molecule is CC(C)C(NC(=O)C(N)CC(=O)O)C(=O)NC(CC(=O)O)C(=O)NC(CCCCN)C(=O)O. The van der Waals surface area contributed by atoms with Crippen LogP contribution in [0.25, 0.3) is 0 Å². The summed E-state index contributed by atoms with van der Waals surface area (Å²) in [6, 6.07) is -5.63. The molecule has 0 aliphatic rings. The van der Waals surface area contributed by atoms with Crippen LogP contribution in [-0.4, -0.2) is 81.7 Å². The number of hydrogen-bond acceptors (Lipinski definition) is 8. The van der Waals surface area contributed by atoms with E-state index in [1.54, 1.807) is 13.8 Å². The highest BCUT2D eigenvalue weighted by atomic mass is 16.4. The molecule has 0 radical (unpaired) electrons. The van der Waals surface area contributed by atoms with Gasteiger partial charge in [-0.3, -0.25) is 24.0 Å². The maximum atomic E-state index is 12.7. The average molecular weight is 475 g/mol. The molecule has 4 unspecified atom stereocenters. The van der Waals surface area contributed by atoms with Crippen LogP contribution < -0.4 is 27.4 Å². The van der Waals surface area contributed by atoms with Crippen LogP contribution in [0.2, 0.25) is 0 Å². The number of hydrogen-bond donors (Lipinski definition) is 8. The van der Waals surface area contributed by atoms with Gasteiger partial charge in [0.1, 0.15) is 18.1 Å². The van der Waals surface area contributed by atoms with Gasteiger partial charge in [0.2, 0.25) is 17.7 Å². The van der Waals surface area contributed by atoms with E-state index in [9.17, 15) is 33.9 Å². The molecule has 14 heteroatoms. The Morgan fingerprint density at radius 1 is 0.758 bits per heavy atom.